The van der Waals surface area contributed by atoms with Crippen molar-refractivity contribution in [3.63, 3.8) is 0 Å². The topological polar surface area (TPSA) is 115 Å². The molecule has 118 valence electrons. The van der Waals surface area contributed by atoms with Crippen molar-refractivity contribution in [3.8, 4) is 0 Å². The molecule has 1 aromatic rings. The number of carbonyl (C=O) groups is 1. The summed E-state index contributed by atoms with van der Waals surface area (Å²) in [5, 5.41) is 7.82. The van der Waals surface area contributed by atoms with E-state index in [2.05, 4.69) is 5.32 Å². The van der Waals surface area contributed by atoms with Gasteiger partial charge in [0.1, 0.15) is 0 Å². The zero-order valence-corrected chi connectivity index (χ0v) is 13.4. The fourth-order valence-corrected chi connectivity index (χ4v) is 2.91. The first-order chi connectivity index (χ1) is 9.65. The monoisotopic (exact) mass is 313 g/mol. The zero-order chi connectivity index (χ0) is 16.2. The summed E-state index contributed by atoms with van der Waals surface area (Å²) in [6, 6.07) is 4.03. The molecule has 0 radical (unpaired) electrons. The van der Waals surface area contributed by atoms with Gasteiger partial charge < -0.3 is 11.1 Å². The molecule has 0 fully saturated rings. The van der Waals surface area contributed by atoms with Crippen LogP contribution < -0.4 is 16.2 Å². The minimum Gasteiger partial charge on any atom is -0.325 e. The third-order valence-corrected chi connectivity index (χ3v) is 4.08. The van der Waals surface area contributed by atoms with Gasteiger partial charge in [-0.15, -0.1) is 0 Å². The van der Waals surface area contributed by atoms with Crippen LogP contribution in [0.2, 0.25) is 0 Å². The number of amides is 1. The first-order valence-electron chi connectivity index (χ1n) is 6.87. The highest BCUT2D eigenvalue weighted by molar-refractivity contribution is 7.89. The molecule has 1 rings (SSSR count). The number of nitrogens with two attached hydrogens (primary N) is 2. The minimum atomic E-state index is -3.83. The molecule has 0 saturated heterocycles. The zero-order valence-electron chi connectivity index (χ0n) is 12.6. The molecule has 0 bridgehead atoms. The summed E-state index contributed by atoms with van der Waals surface area (Å²) >= 11 is 0. The Hall–Kier alpha value is -1.44. The third kappa shape index (κ3) is 5.11. The van der Waals surface area contributed by atoms with Crippen LogP contribution in [-0.2, 0) is 21.2 Å². The number of aryl methyl sites for hydroxylation is 1. The van der Waals surface area contributed by atoms with Crippen molar-refractivity contribution in [2.75, 3.05) is 5.32 Å². The number of benzene rings is 1. The first-order valence-corrected chi connectivity index (χ1v) is 8.42. The molecule has 1 atom stereocenters. The SMILES string of the molecule is CCc1ccc(NC(=O)[C@@H](N)CC(C)C)cc1S(N)(=O)=O. The Bertz CT molecular complexity index is 612. The van der Waals surface area contributed by atoms with Crippen molar-refractivity contribution in [2.24, 2.45) is 16.8 Å². The Morgan fingerprint density at radius 1 is 1.33 bits per heavy atom. The van der Waals surface area contributed by atoms with E-state index in [4.69, 9.17) is 10.9 Å². The van der Waals surface area contributed by atoms with Gasteiger partial charge in [0.05, 0.1) is 10.9 Å². The van der Waals surface area contributed by atoms with Crippen LogP contribution >= 0.6 is 0 Å². The van der Waals surface area contributed by atoms with Crippen LogP contribution in [0.1, 0.15) is 32.8 Å². The molecule has 6 nitrogen and oxygen atoms in total. The van der Waals surface area contributed by atoms with E-state index in [1.165, 1.54) is 6.07 Å². The van der Waals surface area contributed by atoms with Crippen LogP contribution in [0.4, 0.5) is 5.69 Å². The number of carbonyl (C=O) groups excluding carboxylic acids is 1. The Kier molecular flexibility index (Phi) is 5.88. The molecule has 0 unspecified atom stereocenters. The number of rotatable bonds is 6. The number of hydrogen-bond acceptors (Lipinski definition) is 4. The fraction of sp³-hybridized carbons (Fsp3) is 0.500. The van der Waals surface area contributed by atoms with E-state index in [9.17, 15) is 13.2 Å². The second-order valence-corrected chi connectivity index (χ2v) is 6.98. The van der Waals surface area contributed by atoms with Gasteiger partial charge in [-0.1, -0.05) is 26.8 Å². The number of anilines is 1. The summed E-state index contributed by atoms with van der Waals surface area (Å²) in [6.45, 7) is 5.78. The normalized spacial score (nSPS) is 13.2. The summed E-state index contributed by atoms with van der Waals surface area (Å²) in [5.41, 5.74) is 6.78. The lowest BCUT2D eigenvalue weighted by atomic mass is 10.0. The highest BCUT2D eigenvalue weighted by atomic mass is 32.2. The van der Waals surface area contributed by atoms with Gasteiger partial charge in [0.2, 0.25) is 15.9 Å². The first kappa shape index (κ1) is 17.6. The number of primary sulfonamides is 1. The predicted molar refractivity (Wildman–Crippen MR) is 83.3 cm³/mol. The summed E-state index contributed by atoms with van der Waals surface area (Å²) < 4.78 is 23.1. The lowest BCUT2D eigenvalue weighted by Gasteiger charge is -2.15. The largest absolute Gasteiger partial charge is 0.325 e. The highest BCUT2D eigenvalue weighted by Crippen LogP contribution is 2.20. The second kappa shape index (κ2) is 7.02. The van der Waals surface area contributed by atoms with E-state index in [-0.39, 0.29) is 10.8 Å². The lowest BCUT2D eigenvalue weighted by molar-refractivity contribution is -0.117. The van der Waals surface area contributed by atoms with Gasteiger partial charge in [-0.05, 0) is 36.5 Å². The molecule has 1 amide bonds. The number of nitrogens with one attached hydrogen (secondary N) is 1. The van der Waals surface area contributed by atoms with Crippen molar-refractivity contribution >= 4 is 21.6 Å². The van der Waals surface area contributed by atoms with Crippen molar-refractivity contribution in [1.29, 1.82) is 0 Å². The summed E-state index contributed by atoms with van der Waals surface area (Å²) in [5.74, 6) is -0.0403. The van der Waals surface area contributed by atoms with Crippen LogP contribution in [0.25, 0.3) is 0 Å². The summed E-state index contributed by atoms with van der Waals surface area (Å²) in [6.07, 6.45) is 1.09. The maximum Gasteiger partial charge on any atom is 0.241 e. The van der Waals surface area contributed by atoms with Crippen LogP contribution in [-0.4, -0.2) is 20.4 Å². The standard InChI is InChI=1S/C14H23N3O3S/c1-4-10-5-6-11(8-13(10)21(16,19)20)17-14(18)12(15)7-9(2)3/h5-6,8-9,12H,4,7,15H2,1-3H3,(H,17,18)(H2,16,19,20)/t12-/m0/s1. The maximum absolute atomic E-state index is 11.9. The lowest BCUT2D eigenvalue weighted by Crippen LogP contribution is -2.36. The van der Waals surface area contributed by atoms with Gasteiger partial charge in [0.15, 0.2) is 0 Å². The Morgan fingerprint density at radius 3 is 2.43 bits per heavy atom. The quantitative estimate of drug-likeness (QED) is 0.732. The number of sulfonamides is 1. The molecule has 7 heteroatoms. The van der Waals surface area contributed by atoms with Crippen molar-refractivity contribution < 1.29 is 13.2 Å². The molecular weight excluding hydrogens is 290 g/mol. The van der Waals surface area contributed by atoms with Crippen LogP contribution in [0, 0.1) is 5.92 Å². The van der Waals surface area contributed by atoms with Gasteiger partial charge in [-0.2, -0.15) is 0 Å². The van der Waals surface area contributed by atoms with Gasteiger partial charge in [0, 0.05) is 5.69 Å². The Labute approximate surface area is 126 Å². The second-order valence-electron chi connectivity index (χ2n) is 5.45. The van der Waals surface area contributed by atoms with E-state index < -0.39 is 16.1 Å². The predicted octanol–water partition coefficient (Wildman–Crippen LogP) is 1.21. The van der Waals surface area contributed by atoms with Crippen LogP contribution in [0.5, 0.6) is 0 Å². The Balaban J connectivity index is 2.98. The van der Waals surface area contributed by atoms with Crippen LogP contribution in [0.15, 0.2) is 23.1 Å². The highest BCUT2D eigenvalue weighted by Gasteiger charge is 2.18. The van der Waals surface area contributed by atoms with Gasteiger partial charge in [-0.3, -0.25) is 4.79 Å². The smallest absolute Gasteiger partial charge is 0.241 e. The van der Waals surface area contributed by atoms with E-state index in [0.29, 0.717) is 30.0 Å². The molecule has 0 aromatic heterocycles. The summed E-state index contributed by atoms with van der Waals surface area (Å²) in [4.78, 5) is 12.0. The van der Waals surface area contributed by atoms with E-state index in [0.717, 1.165) is 0 Å². The van der Waals surface area contributed by atoms with Crippen LogP contribution in [0.3, 0.4) is 0 Å². The third-order valence-electron chi connectivity index (χ3n) is 3.08. The molecule has 0 aliphatic rings. The van der Waals surface area contributed by atoms with Crippen molar-refractivity contribution in [1.82, 2.24) is 0 Å². The molecule has 0 aliphatic carbocycles. The molecule has 21 heavy (non-hydrogen) atoms. The minimum absolute atomic E-state index is 0.0280. The van der Waals surface area contributed by atoms with Gasteiger partial charge >= 0.3 is 0 Å². The molecule has 0 saturated carbocycles. The Morgan fingerprint density at radius 2 is 1.95 bits per heavy atom. The maximum atomic E-state index is 11.9. The summed E-state index contributed by atoms with van der Waals surface area (Å²) in [7, 11) is -3.83. The molecular formula is C14H23N3O3S. The van der Waals surface area contributed by atoms with E-state index in [1.54, 1.807) is 12.1 Å². The fourth-order valence-electron chi connectivity index (χ4n) is 2.04. The number of hydrogen-bond donors (Lipinski definition) is 3. The molecule has 0 spiro atoms. The molecule has 0 heterocycles. The van der Waals surface area contributed by atoms with E-state index in [1.807, 2.05) is 20.8 Å². The van der Waals surface area contributed by atoms with Crippen molar-refractivity contribution in [2.45, 2.75) is 44.6 Å². The van der Waals surface area contributed by atoms with Crippen molar-refractivity contribution in [3.05, 3.63) is 23.8 Å². The molecule has 1 aromatic carbocycles. The van der Waals surface area contributed by atoms with E-state index >= 15 is 0 Å². The molecule has 0 aliphatic heterocycles. The molecule has 5 N–H and O–H groups in total. The average Bonchev–Trinajstić information content (AvgIpc) is 2.36. The van der Waals surface area contributed by atoms with Gasteiger partial charge in [-0.25, -0.2) is 13.6 Å². The van der Waals surface area contributed by atoms with Gasteiger partial charge in [0.25, 0.3) is 0 Å². The average molecular weight is 313 g/mol.